The number of likely N-dealkylation sites (tertiary alicyclic amines) is 1. The third-order valence-corrected chi connectivity index (χ3v) is 6.54. The van der Waals surface area contributed by atoms with E-state index in [1.54, 1.807) is 12.1 Å². The van der Waals surface area contributed by atoms with Gasteiger partial charge in [-0.25, -0.2) is 0 Å². The predicted octanol–water partition coefficient (Wildman–Crippen LogP) is 3.40. The van der Waals surface area contributed by atoms with E-state index in [4.69, 9.17) is 4.42 Å². The summed E-state index contributed by atoms with van der Waals surface area (Å²) in [6.45, 7) is 5.70. The van der Waals surface area contributed by atoms with Gasteiger partial charge in [0.05, 0.1) is 16.1 Å². The van der Waals surface area contributed by atoms with Crippen molar-refractivity contribution in [2.24, 2.45) is 11.8 Å². The summed E-state index contributed by atoms with van der Waals surface area (Å²) >= 11 is 1.34. The molecule has 8 heteroatoms. The summed E-state index contributed by atoms with van der Waals surface area (Å²) < 4.78 is 5.11. The van der Waals surface area contributed by atoms with Crippen molar-refractivity contribution in [2.45, 2.75) is 19.8 Å². The Balaban J connectivity index is 0.00000210. The molecule has 2 aromatic heterocycles. The van der Waals surface area contributed by atoms with Crippen molar-refractivity contribution < 1.29 is 14.0 Å². The highest BCUT2D eigenvalue weighted by atomic mass is 35.5. The number of aryl methyl sites for hydroxylation is 1. The van der Waals surface area contributed by atoms with Crippen LogP contribution in [0.1, 0.15) is 38.6 Å². The Hall–Kier alpha value is -1.83. The van der Waals surface area contributed by atoms with Crippen LogP contribution in [0.4, 0.5) is 5.00 Å². The molecule has 4 heterocycles. The van der Waals surface area contributed by atoms with E-state index >= 15 is 0 Å². The fourth-order valence-electron chi connectivity index (χ4n) is 3.90. The van der Waals surface area contributed by atoms with E-state index in [0.717, 1.165) is 44.6 Å². The van der Waals surface area contributed by atoms with Crippen molar-refractivity contribution >= 4 is 40.6 Å². The molecule has 2 saturated heterocycles. The quantitative estimate of drug-likeness (QED) is 0.814. The lowest BCUT2D eigenvalue weighted by Crippen LogP contribution is -2.32. The van der Waals surface area contributed by atoms with E-state index < -0.39 is 0 Å². The molecule has 0 unspecified atom stereocenters. The number of carbonyl (C=O) groups excluding carboxylic acids is 2. The Labute approximate surface area is 168 Å². The van der Waals surface area contributed by atoms with Gasteiger partial charge in [-0.05, 0) is 68.5 Å². The van der Waals surface area contributed by atoms with E-state index in [2.05, 4.69) is 10.6 Å². The fourth-order valence-corrected chi connectivity index (χ4v) is 4.94. The molecule has 0 aromatic carbocycles. The minimum absolute atomic E-state index is 0. The van der Waals surface area contributed by atoms with Crippen molar-refractivity contribution in [3.8, 4) is 0 Å². The topological polar surface area (TPSA) is 74.6 Å². The molecule has 2 aliphatic heterocycles. The lowest BCUT2D eigenvalue weighted by molar-refractivity contribution is 0.0762. The van der Waals surface area contributed by atoms with Crippen molar-refractivity contribution in [1.82, 2.24) is 10.2 Å². The van der Waals surface area contributed by atoms with Crippen molar-refractivity contribution in [3.05, 3.63) is 40.7 Å². The van der Waals surface area contributed by atoms with Gasteiger partial charge in [0.25, 0.3) is 11.8 Å². The van der Waals surface area contributed by atoms with E-state index in [9.17, 15) is 9.59 Å². The molecule has 2 atom stereocenters. The molecular weight excluding hydrogens is 386 g/mol. The lowest BCUT2D eigenvalue weighted by atomic mass is 9.92. The minimum atomic E-state index is -0.301. The third-order valence-electron chi connectivity index (χ3n) is 5.40. The second-order valence-electron chi connectivity index (χ2n) is 7.10. The monoisotopic (exact) mass is 409 g/mol. The highest BCUT2D eigenvalue weighted by Gasteiger charge is 2.32. The zero-order valence-electron chi connectivity index (χ0n) is 15.2. The normalized spacial score (nSPS) is 21.9. The molecular formula is C19H24ClN3O3S. The summed E-state index contributed by atoms with van der Waals surface area (Å²) in [4.78, 5) is 27.8. The minimum Gasteiger partial charge on any atom is -0.459 e. The molecule has 146 valence electrons. The highest BCUT2D eigenvalue weighted by Crippen LogP contribution is 2.31. The molecule has 6 nitrogen and oxygen atoms in total. The summed E-state index contributed by atoms with van der Waals surface area (Å²) in [7, 11) is 0. The number of amides is 2. The average Bonchev–Trinajstić information content (AvgIpc) is 3.34. The first-order valence-electron chi connectivity index (χ1n) is 9.07. The number of furan rings is 1. The van der Waals surface area contributed by atoms with Gasteiger partial charge in [0, 0.05) is 13.1 Å². The number of rotatable bonds is 3. The van der Waals surface area contributed by atoms with Crippen molar-refractivity contribution in [3.63, 3.8) is 0 Å². The first-order chi connectivity index (χ1) is 12.6. The van der Waals surface area contributed by atoms with Gasteiger partial charge in [-0.15, -0.1) is 23.7 Å². The maximum absolute atomic E-state index is 13.0. The Morgan fingerprint density at radius 1 is 1.26 bits per heavy atom. The van der Waals surface area contributed by atoms with E-state index in [0.29, 0.717) is 21.7 Å². The Kier molecular flexibility index (Phi) is 6.24. The number of thiophene rings is 1. The van der Waals surface area contributed by atoms with Crippen LogP contribution in [0, 0.1) is 18.8 Å². The van der Waals surface area contributed by atoms with Crippen LogP contribution in [0.25, 0.3) is 0 Å². The zero-order valence-corrected chi connectivity index (χ0v) is 16.8. The van der Waals surface area contributed by atoms with Crippen LogP contribution >= 0.6 is 23.7 Å². The molecule has 2 amide bonds. The van der Waals surface area contributed by atoms with Crippen LogP contribution in [0.3, 0.4) is 0 Å². The average molecular weight is 410 g/mol. The molecule has 0 saturated carbocycles. The Morgan fingerprint density at radius 3 is 2.59 bits per heavy atom. The van der Waals surface area contributed by atoms with Crippen molar-refractivity contribution in [2.75, 3.05) is 31.5 Å². The molecule has 27 heavy (non-hydrogen) atoms. The van der Waals surface area contributed by atoms with Crippen LogP contribution in [0.2, 0.25) is 0 Å². The van der Waals surface area contributed by atoms with E-state index in [1.807, 2.05) is 17.9 Å². The fraction of sp³-hybridized carbons (Fsp3) is 0.474. The van der Waals surface area contributed by atoms with Gasteiger partial charge < -0.3 is 20.0 Å². The van der Waals surface area contributed by atoms with Crippen LogP contribution in [0.5, 0.6) is 0 Å². The molecule has 0 spiro atoms. The Bertz CT molecular complexity index is 791. The number of carbonyl (C=O) groups is 2. The maximum Gasteiger partial charge on any atom is 0.291 e. The first-order valence-corrected chi connectivity index (χ1v) is 9.89. The smallest absolute Gasteiger partial charge is 0.291 e. The number of fused-ring (bicyclic) bond motifs is 1. The van der Waals surface area contributed by atoms with Gasteiger partial charge in [0.1, 0.15) is 0 Å². The highest BCUT2D eigenvalue weighted by molar-refractivity contribution is 7.18. The van der Waals surface area contributed by atoms with Gasteiger partial charge in [-0.1, -0.05) is 0 Å². The largest absolute Gasteiger partial charge is 0.459 e. The summed E-state index contributed by atoms with van der Waals surface area (Å²) in [6.07, 6.45) is 3.60. The van der Waals surface area contributed by atoms with Gasteiger partial charge >= 0.3 is 0 Å². The number of hydrogen-bond donors (Lipinski definition) is 2. The van der Waals surface area contributed by atoms with E-state index in [1.165, 1.54) is 17.6 Å². The number of hydrogen-bond acceptors (Lipinski definition) is 5. The van der Waals surface area contributed by atoms with Gasteiger partial charge in [0.15, 0.2) is 5.76 Å². The zero-order chi connectivity index (χ0) is 18.1. The van der Waals surface area contributed by atoms with Crippen LogP contribution in [-0.2, 0) is 0 Å². The van der Waals surface area contributed by atoms with Crippen LogP contribution < -0.4 is 10.6 Å². The summed E-state index contributed by atoms with van der Waals surface area (Å²) in [5.41, 5.74) is 0.904. The first kappa shape index (κ1) is 19.9. The number of nitrogens with one attached hydrogen (secondary N) is 2. The van der Waals surface area contributed by atoms with E-state index in [-0.39, 0.29) is 30.0 Å². The molecule has 2 aliphatic rings. The summed E-state index contributed by atoms with van der Waals surface area (Å²) in [5.74, 6) is 1.43. The molecule has 0 radical (unpaired) electrons. The van der Waals surface area contributed by atoms with Crippen LogP contribution in [-0.4, -0.2) is 42.9 Å². The third kappa shape index (κ3) is 4.20. The van der Waals surface area contributed by atoms with Gasteiger partial charge in [-0.2, -0.15) is 0 Å². The number of nitrogens with zero attached hydrogens (tertiary/aromatic N) is 1. The van der Waals surface area contributed by atoms with Crippen molar-refractivity contribution in [1.29, 1.82) is 0 Å². The molecule has 2 N–H and O–H groups in total. The standard InChI is InChI=1S/C19H23N3O3S.ClH/c1-12-9-16(21-18(23)15-3-2-8-25-15)26-17(12)19(24)22-6-4-13-10-20-11-14(13)5-7-22;/h2-3,8-9,13-14,20H,4-7,10-11H2,1H3,(H,21,23);1H/t13-,14+;. The summed E-state index contributed by atoms with van der Waals surface area (Å²) in [5, 5.41) is 6.95. The molecule has 0 bridgehead atoms. The summed E-state index contributed by atoms with van der Waals surface area (Å²) in [6, 6.07) is 5.15. The molecule has 0 aliphatic carbocycles. The SMILES string of the molecule is Cc1cc(NC(=O)c2ccco2)sc1C(=O)N1CC[C@@H]2CNC[C@@H]2CC1.Cl. The second-order valence-corrected chi connectivity index (χ2v) is 8.15. The molecule has 2 fully saturated rings. The predicted molar refractivity (Wildman–Crippen MR) is 108 cm³/mol. The van der Waals surface area contributed by atoms with Crippen LogP contribution in [0.15, 0.2) is 28.9 Å². The van der Waals surface area contributed by atoms with Gasteiger partial charge in [0.2, 0.25) is 0 Å². The second kappa shape index (κ2) is 8.46. The number of anilines is 1. The van der Waals surface area contributed by atoms with Gasteiger partial charge in [-0.3, -0.25) is 9.59 Å². The molecule has 4 rings (SSSR count). The molecule has 2 aromatic rings. The lowest BCUT2D eigenvalue weighted by Gasteiger charge is -2.20. The maximum atomic E-state index is 13.0. The Morgan fingerprint density at radius 2 is 1.96 bits per heavy atom. The number of halogens is 1.